The zero-order valence-electron chi connectivity index (χ0n) is 9.24. The molecule has 4 nitrogen and oxygen atoms in total. The Hall–Kier alpha value is -0.610. The highest BCUT2D eigenvalue weighted by Crippen LogP contribution is 2.47. The number of hydrogen-bond donors (Lipinski definition) is 2. The van der Waals surface area contributed by atoms with Crippen LogP contribution in [0.2, 0.25) is 0 Å². The Kier molecular flexibility index (Phi) is 2.73. The van der Waals surface area contributed by atoms with Gasteiger partial charge in [-0.25, -0.2) is 0 Å². The molecule has 3 aliphatic rings. The third-order valence-corrected chi connectivity index (χ3v) is 3.88. The summed E-state index contributed by atoms with van der Waals surface area (Å²) in [5, 5.41) is 0. The lowest BCUT2D eigenvalue weighted by Gasteiger charge is -2.50. The van der Waals surface area contributed by atoms with Gasteiger partial charge < -0.3 is 16.2 Å². The molecule has 0 aliphatic heterocycles. The number of nitrogens with two attached hydrogens (primary N) is 2. The molecule has 0 spiro atoms. The molecule has 0 aromatic heterocycles. The Morgan fingerprint density at radius 2 is 2.20 bits per heavy atom. The molecule has 0 radical (unpaired) electrons. The molecule has 0 aromatic rings. The van der Waals surface area contributed by atoms with E-state index in [4.69, 9.17) is 16.2 Å². The van der Waals surface area contributed by atoms with Gasteiger partial charge in [0.2, 0.25) is 0 Å². The topological polar surface area (TPSA) is 78.3 Å². The monoisotopic (exact) mass is 212 g/mol. The second-order valence-corrected chi connectivity index (χ2v) is 4.96. The van der Waals surface area contributed by atoms with Crippen molar-refractivity contribution >= 4 is 5.97 Å². The molecule has 15 heavy (non-hydrogen) atoms. The van der Waals surface area contributed by atoms with Crippen molar-refractivity contribution in [3.63, 3.8) is 0 Å². The van der Waals surface area contributed by atoms with Crippen LogP contribution in [0.5, 0.6) is 0 Å². The summed E-state index contributed by atoms with van der Waals surface area (Å²) in [6.45, 7) is 2.27. The fourth-order valence-corrected chi connectivity index (χ4v) is 3.25. The fourth-order valence-electron chi connectivity index (χ4n) is 3.25. The summed E-state index contributed by atoms with van der Waals surface area (Å²) in [5.74, 6) is 0.459. The number of fused-ring (bicyclic) bond motifs is 3. The first kappa shape index (κ1) is 10.9. The summed E-state index contributed by atoms with van der Waals surface area (Å²) < 4.78 is 5.08. The molecule has 2 bridgehead atoms. The fraction of sp³-hybridized carbons (Fsp3) is 0.909. The molecule has 3 rings (SSSR count). The van der Waals surface area contributed by atoms with Crippen LogP contribution in [0.25, 0.3) is 0 Å². The summed E-state index contributed by atoms with van der Waals surface area (Å²) in [6, 6.07) is 0. The third kappa shape index (κ3) is 1.88. The van der Waals surface area contributed by atoms with Crippen LogP contribution in [0.15, 0.2) is 0 Å². The summed E-state index contributed by atoms with van der Waals surface area (Å²) in [5.41, 5.74) is 11.5. The first-order valence-corrected chi connectivity index (χ1v) is 5.79. The lowest BCUT2D eigenvalue weighted by Crippen LogP contribution is -2.64. The lowest BCUT2D eigenvalue weighted by atomic mass is 9.59. The first-order valence-electron chi connectivity index (χ1n) is 5.79. The van der Waals surface area contributed by atoms with Gasteiger partial charge in [-0.3, -0.25) is 4.79 Å². The summed E-state index contributed by atoms with van der Waals surface area (Å²) in [7, 11) is 0. The van der Waals surface area contributed by atoms with E-state index >= 15 is 0 Å². The van der Waals surface area contributed by atoms with E-state index in [-0.39, 0.29) is 17.8 Å². The van der Waals surface area contributed by atoms with Crippen LogP contribution in [-0.4, -0.2) is 18.2 Å². The number of esters is 1. The largest absolute Gasteiger partial charge is 0.466 e. The first-order chi connectivity index (χ1) is 7.04. The summed E-state index contributed by atoms with van der Waals surface area (Å²) in [4.78, 5) is 11.7. The molecule has 4 N–H and O–H groups in total. The minimum Gasteiger partial charge on any atom is -0.466 e. The van der Waals surface area contributed by atoms with Gasteiger partial charge in [0, 0.05) is 5.92 Å². The zero-order valence-corrected chi connectivity index (χ0v) is 9.24. The van der Waals surface area contributed by atoms with E-state index in [1.807, 2.05) is 6.92 Å². The highest BCUT2D eigenvalue weighted by atomic mass is 16.5. The van der Waals surface area contributed by atoms with Crippen molar-refractivity contribution in [1.82, 2.24) is 0 Å². The molecule has 86 valence electrons. The minimum atomic E-state index is -0.654. The molecule has 3 fully saturated rings. The molecule has 2 unspecified atom stereocenters. The van der Waals surface area contributed by atoms with E-state index < -0.39 is 5.66 Å². The van der Waals surface area contributed by atoms with Crippen LogP contribution in [0.1, 0.15) is 32.6 Å². The predicted octanol–water partition coefficient (Wildman–Crippen LogP) is 0.599. The van der Waals surface area contributed by atoms with Gasteiger partial charge in [0.1, 0.15) is 0 Å². The molecule has 3 saturated carbocycles. The SMILES string of the molecule is CCOC(=O)[C@@H]1CC2CCC1C(N)(N)C2. The van der Waals surface area contributed by atoms with Crippen molar-refractivity contribution < 1.29 is 9.53 Å². The number of rotatable bonds is 2. The van der Waals surface area contributed by atoms with Crippen LogP contribution < -0.4 is 11.5 Å². The van der Waals surface area contributed by atoms with E-state index in [2.05, 4.69) is 0 Å². The number of carbonyl (C=O) groups excluding carboxylic acids is 1. The molecular weight excluding hydrogens is 192 g/mol. The van der Waals surface area contributed by atoms with Crippen molar-refractivity contribution in [2.45, 2.75) is 38.3 Å². The van der Waals surface area contributed by atoms with Gasteiger partial charge >= 0.3 is 5.97 Å². The second kappa shape index (κ2) is 3.76. The number of ether oxygens (including phenoxy) is 1. The quantitative estimate of drug-likeness (QED) is 0.519. The van der Waals surface area contributed by atoms with Crippen molar-refractivity contribution in [3.8, 4) is 0 Å². The third-order valence-electron chi connectivity index (χ3n) is 3.88. The maximum absolute atomic E-state index is 11.7. The highest BCUT2D eigenvalue weighted by Gasteiger charge is 2.50. The van der Waals surface area contributed by atoms with E-state index in [1.54, 1.807) is 0 Å². The Morgan fingerprint density at radius 3 is 2.73 bits per heavy atom. The Morgan fingerprint density at radius 1 is 1.47 bits per heavy atom. The predicted molar refractivity (Wildman–Crippen MR) is 56.7 cm³/mol. The highest BCUT2D eigenvalue weighted by molar-refractivity contribution is 5.73. The molecule has 3 aliphatic carbocycles. The minimum absolute atomic E-state index is 0.0625. The number of hydrogen-bond acceptors (Lipinski definition) is 4. The molecule has 0 heterocycles. The maximum atomic E-state index is 11.7. The van der Waals surface area contributed by atoms with Crippen LogP contribution in [-0.2, 0) is 9.53 Å². The van der Waals surface area contributed by atoms with Gasteiger partial charge in [-0.2, -0.15) is 0 Å². The second-order valence-electron chi connectivity index (χ2n) is 4.96. The van der Waals surface area contributed by atoms with Crippen molar-refractivity contribution in [3.05, 3.63) is 0 Å². The van der Waals surface area contributed by atoms with E-state index in [9.17, 15) is 4.79 Å². The molecular formula is C11H20N2O2. The van der Waals surface area contributed by atoms with Gasteiger partial charge in [-0.1, -0.05) is 0 Å². The van der Waals surface area contributed by atoms with Gasteiger partial charge in [0.25, 0.3) is 0 Å². The Bertz CT molecular complexity index is 265. The van der Waals surface area contributed by atoms with E-state index in [1.165, 1.54) is 0 Å². The average molecular weight is 212 g/mol. The van der Waals surface area contributed by atoms with Crippen LogP contribution in [0, 0.1) is 17.8 Å². The smallest absolute Gasteiger partial charge is 0.309 e. The van der Waals surface area contributed by atoms with Crippen molar-refractivity contribution in [2.24, 2.45) is 29.2 Å². The Labute approximate surface area is 90.3 Å². The molecule has 3 atom stereocenters. The maximum Gasteiger partial charge on any atom is 0.309 e. The average Bonchev–Trinajstić information content (AvgIpc) is 2.16. The number of carbonyl (C=O) groups is 1. The summed E-state index contributed by atoms with van der Waals surface area (Å²) in [6.07, 6.45) is 3.91. The zero-order chi connectivity index (χ0) is 11.1. The van der Waals surface area contributed by atoms with Gasteiger partial charge in [0.15, 0.2) is 0 Å². The van der Waals surface area contributed by atoms with Gasteiger partial charge in [-0.05, 0) is 38.5 Å². The van der Waals surface area contributed by atoms with E-state index in [0.717, 1.165) is 25.7 Å². The van der Waals surface area contributed by atoms with Crippen molar-refractivity contribution in [2.75, 3.05) is 6.61 Å². The van der Waals surface area contributed by atoms with Crippen LogP contribution in [0.4, 0.5) is 0 Å². The van der Waals surface area contributed by atoms with Gasteiger partial charge in [0.05, 0.1) is 18.2 Å². The Balaban J connectivity index is 2.11. The summed E-state index contributed by atoms with van der Waals surface area (Å²) >= 11 is 0. The van der Waals surface area contributed by atoms with Crippen LogP contribution >= 0.6 is 0 Å². The lowest BCUT2D eigenvalue weighted by molar-refractivity contribution is -0.156. The normalized spacial score (nSPS) is 37.7. The molecule has 0 aromatic carbocycles. The molecule has 0 saturated heterocycles. The van der Waals surface area contributed by atoms with Crippen LogP contribution in [0.3, 0.4) is 0 Å². The van der Waals surface area contributed by atoms with Gasteiger partial charge in [-0.15, -0.1) is 0 Å². The molecule has 4 heteroatoms. The van der Waals surface area contributed by atoms with E-state index in [0.29, 0.717) is 12.5 Å². The molecule has 0 amide bonds. The standard InChI is InChI=1S/C11H20N2O2/c1-2-15-10(14)8-5-7-3-4-9(8)11(12,13)6-7/h7-9H,2-6,12-13H2,1H3/t7?,8-,9?/m1/s1. The van der Waals surface area contributed by atoms with Crippen molar-refractivity contribution in [1.29, 1.82) is 0 Å².